The van der Waals surface area contributed by atoms with Crippen molar-refractivity contribution in [2.45, 2.75) is 12.5 Å². The summed E-state index contributed by atoms with van der Waals surface area (Å²) in [4.78, 5) is 24.1. The van der Waals surface area contributed by atoms with Crippen molar-refractivity contribution in [2.24, 2.45) is 0 Å². The van der Waals surface area contributed by atoms with E-state index in [-0.39, 0.29) is 18.2 Å². The van der Waals surface area contributed by atoms with Crippen molar-refractivity contribution in [1.82, 2.24) is 0 Å². The smallest absolute Gasteiger partial charge is 0.339 e. The minimum Gasteiger partial charge on any atom is -0.497 e. The highest BCUT2D eigenvalue weighted by Gasteiger charge is 2.32. The zero-order valence-electron chi connectivity index (χ0n) is 11.5. The van der Waals surface area contributed by atoms with Gasteiger partial charge in [-0.3, -0.25) is 4.79 Å². The standard InChI is InChI=1S/C17H14O4/c1-20-12-6-4-5-11(9-12)15(18)10-16-13-7-2-3-8-14(13)17(19)21-16/h2-9,16H,10H2,1H3/t16-/m0/s1. The van der Waals surface area contributed by atoms with Crippen LogP contribution in [0, 0.1) is 0 Å². The van der Waals surface area contributed by atoms with E-state index in [2.05, 4.69) is 0 Å². The molecule has 0 radical (unpaired) electrons. The van der Waals surface area contributed by atoms with E-state index in [4.69, 9.17) is 9.47 Å². The van der Waals surface area contributed by atoms with E-state index in [1.54, 1.807) is 43.5 Å². The number of carbonyl (C=O) groups is 2. The molecule has 0 saturated heterocycles. The molecule has 0 unspecified atom stereocenters. The molecule has 0 saturated carbocycles. The fourth-order valence-electron chi connectivity index (χ4n) is 2.45. The number of carbonyl (C=O) groups excluding carboxylic acids is 2. The van der Waals surface area contributed by atoms with Crippen LogP contribution in [0.1, 0.15) is 38.8 Å². The number of ether oxygens (including phenoxy) is 2. The lowest BCUT2D eigenvalue weighted by molar-refractivity contribution is 0.0367. The van der Waals surface area contributed by atoms with Crippen molar-refractivity contribution >= 4 is 11.8 Å². The fourth-order valence-corrected chi connectivity index (χ4v) is 2.45. The first-order chi connectivity index (χ1) is 10.2. The molecular weight excluding hydrogens is 268 g/mol. The Morgan fingerprint density at radius 3 is 2.81 bits per heavy atom. The summed E-state index contributed by atoms with van der Waals surface area (Å²) < 4.78 is 10.4. The maximum Gasteiger partial charge on any atom is 0.339 e. The van der Waals surface area contributed by atoms with Crippen LogP contribution < -0.4 is 4.74 Å². The van der Waals surface area contributed by atoms with Crippen LogP contribution in [0.25, 0.3) is 0 Å². The number of cyclic esters (lactones) is 1. The second-order valence-electron chi connectivity index (χ2n) is 4.84. The average molecular weight is 282 g/mol. The second-order valence-corrected chi connectivity index (χ2v) is 4.84. The molecule has 1 atom stereocenters. The van der Waals surface area contributed by atoms with Gasteiger partial charge in [-0.25, -0.2) is 4.79 Å². The van der Waals surface area contributed by atoms with Gasteiger partial charge >= 0.3 is 5.97 Å². The van der Waals surface area contributed by atoms with E-state index in [0.29, 0.717) is 16.9 Å². The molecule has 1 aliphatic rings. The van der Waals surface area contributed by atoms with Gasteiger partial charge < -0.3 is 9.47 Å². The monoisotopic (exact) mass is 282 g/mol. The third-order valence-electron chi connectivity index (χ3n) is 3.54. The van der Waals surface area contributed by atoms with Gasteiger partial charge in [0.15, 0.2) is 5.78 Å². The third kappa shape index (κ3) is 2.52. The van der Waals surface area contributed by atoms with Crippen LogP contribution in [-0.4, -0.2) is 18.9 Å². The van der Waals surface area contributed by atoms with Gasteiger partial charge in [0, 0.05) is 11.1 Å². The number of esters is 1. The molecule has 4 nitrogen and oxygen atoms in total. The Labute approximate surface area is 122 Å². The summed E-state index contributed by atoms with van der Waals surface area (Å²) in [5.74, 6) is 0.183. The number of fused-ring (bicyclic) bond motifs is 1. The number of methoxy groups -OCH3 is 1. The van der Waals surface area contributed by atoms with Crippen LogP contribution in [0.15, 0.2) is 48.5 Å². The quantitative estimate of drug-likeness (QED) is 0.638. The molecular formula is C17H14O4. The fraction of sp³-hybridized carbons (Fsp3) is 0.176. The molecule has 106 valence electrons. The molecule has 21 heavy (non-hydrogen) atoms. The van der Waals surface area contributed by atoms with Crippen LogP contribution in [0.2, 0.25) is 0 Å². The molecule has 0 aromatic heterocycles. The molecule has 2 aromatic carbocycles. The summed E-state index contributed by atoms with van der Waals surface area (Å²) in [6.07, 6.45) is -0.372. The molecule has 0 N–H and O–H groups in total. The van der Waals surface area contributed by atoms with E-state index in [9.17, 15) is 9.59 Å². The van der Waals surface area contributed by atoms with E-state index in [1.807, 2.05) is 12.1 Å². The maximum atomic E-state index is 12.3. The lowest BCUT2D eigenvalue weighted by Crippen LogP contribution is -2.07. The van der Waals surface area contributed by atoms with Gasteiger partial charge in [0.05, 0.1) is 19.1 Å². The lowest BCUT2D eigenvalue weighted by atomic mass is 9.98. The number of ketones is 1. The van der Waals surface area contributed by atoms with Crippen molar-refractivity contribution in [1.29, 1.82) is 0 Å². The summed E-state index contributed by atoms with van der Waals surface area (Å²) in [6, 6.07) is 14.1. The van der Waals surface area contributed by atoms with Crippen LogP contribution >= 0.6 is 0 Å². The van der Waals surface area contributed by atoms with Gasteiger partial charge in [0.1, 0.15) is 11.9 Å². The Bertz CT molecular complexity index is 705. The Kier molecular flexibility index (Phi) is 3.44. The molecule has 2 aromatic rings. The number of rotatable bonds is 4. The number of Topliss-reactive ketones (excluding diaryl/α,β-unsaturated/α-hetero) is 1. The van der Waals surface area contributed by atoms with E-state index < -0.39 is 6.10 Å². The maximum absolute atomic E-state index is 12.3. The molecule has 1 heterocycles. The Morgan fingerprint density at radius 1 is 1.19 bits per heavy atom. The minimum atomic E-state index is -0.507. The predicted molar refractivity (Wildman–Crippen MR) is 76.5 cm³/mol. The molecule has 0 spiro atoms. The Hall–Kier alpha value is -2.62. The highest BCUT2D eigenvalue weighted by atomic mass is 16.5. The summed E-state index contributed by atoms with van der Waals surface area (Å²) in [5.41, 5.74) is 1.87. The highest BCUT2D eigenvalue weighted by Crippen LogP contribution is 2.33. The first-order valence-corrected chi connectivity index (χ1v) is 6.66. The topological polar surface area (TPSA) is 52.6 Å². The van der Waals surface area contributed by atoms with Gasteiger partial charge in [-0.2, -0.15) is 0 Å². The molecule has 0 bridgehead atoms. The van der Waals surface area contributed by atoms with Crippen LogP contribution in [0.4, 0.5) is 0 Å². The van der Waals surface area contributed by atoms with Gasteiger partial charge in [-0.15, -0.1) is 0 Å². The van der Waals surface area contributed by atoms with Crippen LogP contribution in [0.5, 0.6) is 5.75 Å². The normalized spacial score (nSPS) is 16.2. The first kappa shape index (κ1) is 13.4. The molecule has 3 rings (SSSR count). The molecule has 0 amide bonds. The van der Waals surface area contributed by atoms with E-state index in [0.717, 1.165) is 5.56 Å². The average Bonchev–Trinajstić information content (AvgIpc) is 2.84. The van der Waals surface area contributed by atoms with Crippen molar-refractivity contribution in [3.63, 3.8) is 0 Å². The second kappa shape index (κ2) is 5.40. The molecule has 0 aliphatic carbocycles. The van der Waals surface area contributed by atoms with Gasteiger partial charge in [0.25, 0.3) is 0 Å². The zero-order chi connectivity index (χ0) is 14.8. The van der Waals surface area contributed by atoms with Crippen molar-refractivity contribution in [3.05, 3.63) is 65.2 Å². The summed E-state index contributed by atoms with van der Waals surface area (Å²) >= 11 is 0. The highest BCUT2D eigenvalue weighted by molar-refractivity contribution is 5.99. The Morgan fingerprint density at radius 2 is 2.00 bits per heavy atom. The number of hydrogen-bond acceptors (Lipinski definition) is 4. The SMILES string of the molecule is COc1cccc(C(=O)C[C@@H]2OC(=O)c3ccccc32)c1. The third-order valence-corrected chi connectivity index (χ3v) is 3.54. The lowest BCUT2D eigenvalue weighted by Gasteiger charge is -2.10. The number of benzene rings is 2. The van der Waals surface area contributed by atoms with E-state index >= 15 is 0 Å². The van der Waals surface area contributed by atoms with Crippen molar-refractivity contribution in [3.8, 4) is 5.75 Å². The summed E-state index contributed by atoms with van der Waals surface area (Å²) in [6.45, 7) is 0. The zero-order valence-corrected chi connectivity index (χ0v) is 11.5. The van der Waals surface area contributed by atoms with E-state index in [1.165, 1.54) is 0 Å². The Balaban J connectivity index is 1.81. The summed E-state index contributed by atoms with van der Waals surface area (Å²) in [5, 5.41) is 0. The number of hydrogen-bond donors (Lipinski definition) is 0. The van der Waals surface area contributed by atoms with Crippen molar-refractivity contribution < 1.29 is 19.1 Å². The van der Waals surface area contributed by atoms with Crippen molar-refractivity contribution in [2.75, 3.05) is 7.11 Å². The minimum absolute atomic E-state index is 0.0802. The first-order valence-electron chi connectivity index (χ1n) is 6.66. The molecule has 4 heteroatoms. The molecule has 0 fully saturated rings. The van der Waals surface area contributed by atoms with Gasteiger partial charge in [-0.05, 0) is 18.2 Å². The van der Waals surface area contributed by atoms with Gasteiger partial charge in [0.2, 0.25) is 0 Å². The van der Waals surface area contributed by atoms with Crippen LogP contribution in [0.3, 0.4) is 0 Å². The van der Waals surface area contributed by atoms with Crippen LogP contribution in [-0.2, 0) is 4.74 Å². The predicted octanol–water partition coefficient (Wildman–Crippen LogP) is 3.18. The molecule has 1 aliphatic heterocycles. The largest absolute Gasteiger partial charge is 0.497 e. The summed E-state index contributed by atoms with van der Waals surface area (Å²) in [7, 11) is 1.55. The van der Waals surface area contributed by atoms with Gasteiger partial charge in [-0.1, -0.05) is 30.3 Å².